The van der Waals surface area contributed by atoms with E-state index in [1.807, 2.05) is 30.3 Å². The van der Waals surface area contributed by atoms with Crippen LogP contribution < -0.4 is 19.6 Å². The number of rotatable bonds is 7. The minimum absolute atomic E-state index is 0.240. The Morgan fingerprint density at radius 1 is 1.16 bits per heavy atom. The SMILES string of the molecule is CCCCOc1ccc(-c2nc3s/c(=C/c4cccc(OC(C)=O)c4)c(=O)n3n2)cc1. The van der Waals surface area contributed by atoms with Crippen LogP contribution >= 0.6 is 11.3 Å². The summed E-state index contributed by atoms with van der Waals surface area (Å²) in [5, 5.41) is 4.38. The largest absolute Gasteiger partial charge is 0.494 e. The number of carbonyl (C=O) groups is 1. The topological polar surface area (TPSA) is 82.8 Å². The lowest BCUT2D eigenvalue weighted by Crippen LogP contribution is -2.23. The van der Waals surface area contributed by atoms with Crippen molar-refractivity contribution < 1.29 is 14.3 Å². The molecule has 158 valence electrons. The fraction of sp³-hybridized carbons (Fsp3) is 0.217. The maximum atomic E-state index is 12.8. The second-order valence-electron chi connectivity index (χ2n) is 6.94. The van der Waals surface area contributed by atoms with Gasteiger partial charge < -0.3 is 9.47 Å². The van der Waals surface area contributed by atoms with E-state index < -0.39 is 5.97 Å². The van der Waals surface area contributed by atoms with Crippen molar-refractivity contribution in [2.45, 2.75) is 26.7 Å². The molecule has 2 aromatic carbocycles. The highest BCUT2D eigenvalue weighted by atomic mass is 32.1. The van der Waals surface area contributed by atoms with E-state index in [0.717, 1.165) is 29.7 Å². The average molecular weight is 436 g/mol. The van der Waals surface area contributed by atoms with Crippen molar-refractivity contribution in [3.8, 4) is 22.9 Å². The van der Waals surface area contributed by atoms with E-state index in [4.69, 9.17) is 9.47 Å². The van der Waals surface area contributed by atoms with Crippen LogP contribution in [0.5, 0.6) is 11.5 Å². The zero-order valence-corrected chi connectivity index (χ0v) is 18.0. The van der Waals surface area contributed by atoms with E-state index in [2.05, 4.69) is 17.0 Å². The van der Waals surface area contributed by atoms with Gasteiger partial charge in [0.2, 0.25) is 4.96 Å². The number of nitrogens with zero attached hydrogens (tertiary/aromatic N) is 3. The Labute approximate surface area is 182 Å². The molecular weight excluding hydrogens is 414 g/mol. The molecule has 7 nitrogen and oxygen atoms in total. The van der Waals surface area contributed by atoms with Crippen LogP contribution in [0, 0.1) is 0 Å². The summed E-state index contributed by atoms with van der Waals surface area (Å²) in [5.74, 6) is 1.33. The zero-order chi connectivity index (χ0) is 21.8. The second kappa shape index (κ2) is 9.09. The summed E-state index contributed by atoms with van der Waals surface area (Å²) in [6, 6.07) is 14.5. The van der Waals surface area contributed by atoms with E-state index in [0.29, 0.717) is 27.7 Å². The number of aromatic nitrogens is 3. The van der Waals surface area contributed by atoms with Gasteiger partial charge >= 0.3 is 5.97 Å². The number of thiazole rings is 1. The number of fused-ring (bicyclic) bond motifs is 1. The number of carbonyl (C=O) groups excluding carboxylic acids is 1. The minimum atomic E-state index is -0.395. The Balaban J connectivity index is 1.59. The molecule has 0 N–H and O–H groups in total. The lowest BCUT2D eigenvalue weighted by Gasteiger charge is -2.05. The van der Waals surface area contributed by atoms with Gasteiger partial charge in [-0.15, -0.1) is 5.10 Å². The third kappa shape index (κ3) is 4.80. The number of ether oxygens (including phenoxy) is 2. The normalized spacial score (nSPS) is 11.7. The molecule has 2 aromatic heterocycles. The molecule has 0 aliphatic rings. The molecule has 0 saturated carbocycles. The third-order valence-electron chi connectivity index (χ3n) is 4.48. The van der Waals surface area contributed by atoms with E-state index >= 15 is 0 Å². The first-order valence-electron chi connectivity index (χ1n) is 9.96. The molecule has 0 spiro atoms. The molecule has 0 saturated heterocycles. The van der Waals surface area contributed by atoms with Crippen molar-refractivity contribution in [2.24, 2.45) is 0 Å². The van der Waals surface area contributed by atoms with Crippen LogP contribution in [0.4, 0.5) is 0 Å². The van der Waals surface area contributed by atoms with Crippen molar-refractivity contribution in [1.82, 2.24) is 14.6 Å². The first-order chi connectivity index (χ1) is 15.0. The predicted molar refractivity (Wildman–Crippen MR) is 120 cm³/mol. The summed E-state index contributed by atoms with van der Waals surface area (Å²) in [7, 11) is 0. The summed E-state index contributed by atoms with van der Waals surface area (Å²) in [5.41, 5.74) is 1.33. The fourth-order valence-corrected chi connectivity index (χ4v) is 3.88. The molecule has 31 heavy (non-hydrogen) atoms. The van der Waals surface area contributed by atoms with Gasteiger partial charge in [-0.25, -0.2) is 0 Å². The van der Waals surface area contributed by atoms with Gasteiger partial charge in [-0.3, -0.25) is 9.59 Å². The van der Waals surface area contributed by atoms with Crippen molar-refractivity contribution >= 4 is 28.3 Å². The van der Waals surface area contributed by atoms with Crippen LogP contribution in [0.2, 0.25) is 0 Å². The number of benzene rings is 2. The van der Waals surface area contributed by atoms with Gasteiger partial charge in [0.15, 0.2) is 5.82 Å². The van der Waals surface area contributed by atoms with Crippen LogP contribution in [0.1, 0.15) is 32.3 Å². The Kier molecular flexibility index (Phi) is 6.08. The highest BCUT2D eigenvalue weighted by Gasteiger charge is 2.12. The molecule has 4 aromatic rings. The third-order valence-corrected chi connectivity index (χ3v) is 5.44. The Bertz CT molecular complexity index is 1330. The molecule has 0 aliphatic heterocycles. The first kappa shape index (κ1) is 20.7. The number of unbranched alkanes of at least 4 members (excludes halogenated alkanes) is 1. The molecule has 0 amide bonds. The lowest BCUT2D eigenvalue weighted by molar-refractivity contribution is -0.131. The molecule has 0 bridgehead atoms. The van der Waals surface area contributed by atoms with Crippen LogP contribution in [-0.2, 0) is 4.79 Å². The van der Waals surface area contributed by atoms with Crippen molar-refractivity contribution in [2.75, 3.05) is 6.61 Å². The van der Waals surface area contributed by atoms with Crippen molar-refractivity contribution in [3.63, 3.8) is 0 Å². The summed E-state index contributed by atoms with van der Waals surface area (Å²) < 4.78 is 12.6. The van der Waals surface area contributed by atoms with Crippen LogP contribution in [0.3, 0.4) is 0 Å². The van der Waals surface area contributed by atoms with E-state index in [1.165, 1.54) is 22.8 Å². The fourth-order valence-electron chi connectivity index (χ4n) is 2.98. The maximum Gasteiger partial charge on any atom is 0.308 e. The van der Waals surface area contributed by atoms with E-state index in [1.54, 1.807) is 24.3 Å². The van der Waals surface area contributed by atoms with Gasteiger partial charge in [-0.1, -0.05) is 36.8 Å². The molecule has 0 radical (unpaired) electrons. The Hall–Kier alpha value is -3.52. The summed E-state index contributed by atoms with van der Waals surface area (Å²) >= 11 is 1.26. The highest BCUT2D eigenvalue weighted by molar-refractivity contribution is 7.15. The monoisotopic (exact) mass is 435 g/mol. The van der Waals surface area contributed by atoms with Gasteiger partial charge in [0, 0.05) is 12.5 Å². The second-order valence-corrected chi connectivity index (χ2v) is 7.95. The van der Waals surface area contributed by atoms with Gasteiger partial charge in [-0.05, 0) is 54.5 Å². The Morgan fingerprint density at radius 3 is 2.68 bits per heavy atom. The molecule has 0 unspecified atom stereocenters. The molecule has 0 fully saturated rings. The summed E-state index contributed by atoms with van der Waals surface area (Å²) in [6.07, 6.45) is 3.83. The van der Waals surface area contributed by atoms with Crippen molar-refractivity contribution in [3.05, 3.63) is 69.0 Å². The van der Waals surface area contributed by atoms with Gasteiger partial charge in [-0.2, -0.15) is 9.50 Å². The van der Waals surface area contributed by atoms with Crippen LogP contribution in [0.25, 0.3) is 22.4 Å². The number of hydrogen-bond acceptors (Lipinski definition) is 7. The zero-order valence-electron chi connectivity index (χ0n) is 17.2. The molecule has 8 heteroatoms. The quantitative estimate of drug-likeness (QED) is 0.251. The summed E-state index contributed by atoms with van der Waals surface area (Å²) in [6.45, 7) is 4.16. The first-order valence-corrected chi connectivity index (χ1v) is 10.8. The predicted octanol–water partition coefficient (Wildman–Crippen LogP) is 3.47. The molecular formula is C23H21N3O4S. The maximum absolute atomic E-state index is 12.8. The Morgan fingerprint density at radius 2 is 1.97 bits per heavy atom. The van der Waals surface area contributed by atoms with Gasteiger partial charge in [0.05, 0.1) is 11.1 Å². The molecule has 2 heterocycles. The smallest absolute Gasteiger partial charge is 0.308 e. The van der Waals surface area contributed by atoms with Gasteiger partial charge in [0.1, 0.15) is 11.5 Å². The number of hydrogen-bond donors (Lipinski definition) is 0. The van der Waals surface area contributed by atoms with Crippen LogP contribution in [-0.4, -0.2) is 27.2 Å². The van der Waals surface area contributed by atoms with Gasteiger partial charge in [0.25, 0.3) is 5.56 Å². The molecule has 0 atom stereocenters. The molecule has 4 rings (SSSR count). The lowest BCUT2D eigenvalue weighted by atomic mass is 10.2. The minimum Gasteiger partial charge on any atom is -0.494 e. The van der Waals surface area contributed by atoms with E-state index in [9.17, 15) is 9.59 Å². The average Bonchev–Trinajstić information content (AvgIpc) is 3.28. The molecule has 0 aliphatic carbocycles. The highest BCUT2D eigenvalue weighted by Crippen LogP contribution is 2.21. The number of esters is 1. The van der Waals surface area contributed by atoms with E-state index in [-0.39, 0.29) is 5.56 Å². The van der Waals surface area contributed by atoms with Crippen LogP contribution in [0.15, 0.2) is 53.3 Å². The standard InChI is InChI=1S/C23H21N3O4S/c1-3-4-12-29-18-10-8-17(9-11-18)21-24-23-26(25-21)22(28)20(31-23)14-16-6-5-7-19(13-16)30-15(2)27/h5-11,13-14H,3-4,12H2,1-2H3/b20-14+. The summed E-state index contributed by atoms with van der Waals surface area (Å²) in [4.78, 5) is 28.9. The van der Waals surface area contributed by atoms with Crippen molar-refractivity contribution in [1.29, 1.82) is 0 Å².